The van der Waals surface area contributed by atoms with Gasteiger partial charge in [0.2, 0.25) is 5.91 Å². The van der Waals surface area contributed by atoms with E-state index >= 15 is 0 Å². The monoisotopic (exact) mass is 251 g/mol. The second-order valence-corrected chi connectivity index (χ2v) is 3.71. The van der Waals surface area contributed by atoms with E-state index in [-0.39, 0.29) is 5.91 Å². The number of nitrogens with zero attached hydrogens (tertiary/aromatic N) is 1. The first-order chi connectivity index (χ1) is 8.67. The highest BCUT2D eigenvalue weighted by atomic mass is 16.5. The third-order valence-corrected chi connectivity index (χ3v) is 2.31. The van der Waals surface area contributed by atoms with Crippen LogP contribution in [0.25, 0.3) is 6.08 Å². The molecular formula is C12H17N3O3. The van der Waals surface area contributed by atoms with Gasteiger partial charge in [0, 0.05) is 6.08 Å². The number of rotatable bonds is 6. The van der Waals surface area contributed by atoms with Gasteiger partial charge in [-0.2, -0.15) is 0 Å². The quantitative estimate of drug-likeness (QED) is 0.580. The van der Waals surface area contributed by atoms with Gasteiger partial charge in [-0.25, -0.2) is 9.78 Å². The fourth-order valence-electron chi connectivity index (χ4n) is 1.42. The van der Waals surface area contributed by atoms with Crippen LogP contribution in [0.15, 0.2) is 18.6 Å². The lowest BCUT2D eigenvalue weighted by molar-refractivity contribution is -0.144. The molecule has 0 aliphatic carbocycles. The van der Waals surface area contributed by atoms with E-state index in [4.69, 9.17) is 0 Å². The van der Waals surface area contributed by atoms with Crippen LogP contribution >= 0.6 is 0 Å². The number of carbonyl (C=O) groups is 2. The van der Waals surface area contributed by atoms with Crippen molar-refractivity contribution in [3.05, 3.63) is 24.3 Å². The van der Waals surface area contributed by atoms with Gasteiger partial charge >= 0.3 is 5.97 Å². The summed E-state index contributed by atoms with van der Waals surface area (Å²) in [6, 6.07) is -0.598. The number of carbonyl (C=O) groups excluding carboxylic acids is 2. The molecule has 6 nitrogen and oxygen atoms in total. The molecule has 1 aromatic heterocycles. The van der Waals surface area contributed by atoms with E-state index in [0.29, 0.717) is 6.42 Å². The summed E-state index contributed by atoms with van der Waals surface area (Å²) in [4.78, 5) is 29.7. The summed E-state index contributed by atoms with van der Waals surface area (Å²) in [6.07, 6.45) is 7.38. The zero-order valence-electron chi connectivity index (χ0n) is 10.5. The van der Waals surface area contributed by atoms with Gasteiger partial charge in [-0.3, -0.25) is 4.79 Å². The fourth-order valence-corrected chi connectivity index (χ4v) is 1.42. The second kappa shape index (κ2) is 7.26. The van der Waals surface area contributed by atoms with E-state index in [1.165, 1.54) is 19.5 Å². The van der Waals surface area contributed by atoms with E-state index in [2.05, 4.69) is 20.0 Å². The van der Waals surface area contributed by atoms with Gasteiger partial charge < -0.3 is 15.0 Å². The van der Waals surface area contributed by atoms with Crippen molar-refractivity contribution >= 4 is 18.0 Å². The van der Waals surface area contributed by atoms with Crippen LogP contribution in [0.2, 0.25) is 0 Å². The van der Waals surface area contributed by atoms with E-state index in [0.717, 1.165) is 12.1 Å². The Morgan fingerprint density at radius 1 is 1.61 bits per heavy atom. The number of H-pyrrole nitrogens is 1. The number of nitrogens with one attached hydrogen (secondary N) is 2. The van der Waals surface area contributed by atoms with Crippen molar-refractivity contribution in [3.8, 4) is 0 Å². The Kier molecular flexibility index (Phi) is 5.63. The summed E-state index contributed by atoms with van der Waals surface area (Å²) >= 11 is 0. The molecule has 0 radical (unpaired) electrons. The van der Waals surface area contributed by atoms with Crippen molar-refractivity contribution in [3.63, 3.8) is 0 Å². The predicted octanol–water partition coefficient (Wildman–Crippen LogP) is 0.881. The number of amides is 1. The maximum Gasteiger partial charge on any atom is 0.328 e. The van der Waals surface area contributed by atoms with Gasteiger partial charge in [-0.15, -0.1) is 0 Å². The number of hydrogen-bond acceptors (Lipinski definition) is 4. The molecular weight excluding hydrogens is 234 g/mol. The number of imidazole rings is 1. The zero-order chi connectivity index (χ0) is 13.4. The number of methoxy groups -OCH3 is 1. The minimum Gasteiger partial charge on any atom is -0.467 e. The van der Waals surface area contributed by atoms with Gasteiger partial charge in [0.15, 0.2) is 0 Å². The first-order valence-corrected chi connectivity index (χ1v) is 5.72. The average molecular weight is 251 g/mol. The normalized spacial score (nSPS) is 12.3. The highest BCUT2D eigenvalue weighted by molar-refractivity contribution is 5.94. The van der Waals surface area contributed by atoms with E-state index in [9.17, 15) is 9.59 Å². The van der Waals surface area contributed by atoms with Gasteiger partial charge in [0.25, 0.3) is 0 Å². The van der Waals surface area contributed by atoms with E-state index in [1.54, 1.807) is 12.3 Å². The minimum absolute atomic E-state index is 0.339. The van der Waals surface area contributed by atoms with Crippen molar-refractivity contribution in [1.82, 2.24) is 15.3 Å². The molecule has 1 atom stereocenters. The van der Waals surface area contributed by atoms with Crippen molar-refractivity contribution in [2.75, 3.05) is 7.11 Å². The molecule has 1 aromatic rings. The summed E-state index contributed by atoms with van der Waals surface area (Å²) in [7, 11) is 1.30. The van der Waals surface area contributed by atoms with Crippen molar-refractivity contribution in [2.24, 2.45) is 0 Å². The SMILES string of the molecule is CCCC(NC(=O)/C=C/c1cnc[nH]1)C(=O)OC. The van der Waals surface area contributed by atoms with Gasteiger partial charge in [-0.05, 0) is 12.5 Å². The lowest BCUT2D eigenvalue weighted by atomic mass is 10.1. The average Bonchev–Trinajstić information content (AvgIpc) is 2.88. The van der Waals surface area contributed by atoms with Crippen LogP contribution in [-0.2, 0) is 14.3 Å². The van der Waals surface area contributed by atoms with Crippen LogP contribution in [0.5, 0.6) is 0 Å². The first-order valence-electron chi connectivity index (χ1n) is 5.72. The van der Waals surface area contributed by atoms with Gasteiger partial charge in [0.1, 0.15) is 6.04 Å². The van der Waals surface area contributed by atoms with Crippen LogP contribution in [-0.4, -0.2) is 35.0 Å². The Labute approximate surface area is 105 Å². The molecule has 0 bridgehead atoms. The molecule has 6 heteroatoms. The lowest BCUT2D eigenvalue weighted by Gasteiger charge is -2.14. The number of aromatic nitrogens is 2. The molecule has 0 aromatic carbocycles. The van der Waals surface area contributed by atoms with Gasteiger partial charge in [-0.1, -0.05) is 13.3 Å². The van der Waals surface area contributed by atoms with E-state index < -0.39 is 12.0 Å². The molecule has 98 valence electrons. The lowest BCUT2D eigenvalue weighted by Crippen LogP contribution is -2.40. The van der Waals surface area contributed by atoms with Gasteiger partial charge in [0.05, 0.1) is 25.3 Å². The largest absolute Gasteiger partial charge is 0.467 e. The highest BCUT2D eigenvalue weighted by Gasteiger charge is 2.19. The smallest absolute Gasteiger partial charge is 0.328 e. The summed E-state index contributed by atoms with van der Waals surface area (Å²) in [5, 5.41) is 2.60. The zero-order valence-corrected chi connectivity index (χ0v) is 10.5. The third-order valence-electron chi connectivity index (χ3n) is 2.31. The summed E-state index contributed by atoms with van der Waals surface area (Å²) in [6.45, 7) is 1.93. The van der Waals surface area contributed by atoms with Crippen molar-refractivity contribution in [2.45, 2.75) is 25.8 Å². The number of aromatic amines is 1. The maximum absolute atomic E-state index is 11.6. The Bertz CT molecular complexity index is 412. The molecule has 2 N–H and O–H groups in total. The second-order valence-electron chi connectivity index (χ2n) is 3.71. The maximum atomic E-state index is 11.6. The third kappa shape index (κ3) is 4.40. The van der Waals surface area contributed by atoms with Crippen LogP contribution < -0.4 is 5.32 Å². The molecule has 18 heavy (non-hydrogen) atoms. The molecule has 1 heterocycles. The number of hydrogen-bond donors (Lipinski definition) is 2. The molecule has 1 rings (SSSR count). The molecule has 1 amide bonds. The van der Waals surface area contributed by atoms with E-state index in [1.807, 2.05) is 6.92 Å². The summed E-state index contributed by atoms with van der Waals surface area (Å²) in [5.74, 6) is -0.770. The summed E-state index contributed by atoms with van der Waals surface area (Å²) in [5.41, 5.74) is 0.718. The molecule has 0 spiro atoms. The highest BCUT2D eigenvalue weighted by Crippen LogP contribution is 2.00. The minimum atomic E-state index is -0.598. The molecule has 0 saturated heterocycles. The molecule has 0 aliphatic heterocycles. The van der Waals surface area contributed by atoms with Crippen LogP contribution in [0.4, 0.5) is 0 Å². The Hall–Kier alpha value is -2.11. The molecule has 0 saturated carbocycles. The van der Waals surface area contributed by atoms with Crippen LogP contribution in [0, 0.1) is 0 Å². The number of ether oxygens (including phenoxy) is 1. The Morgan fingerprint density at radius 3 is 2.94 bits per heavy atom. The van der Waals surface area contributed by atoms with Crippen molar-refractivity contribution < 1.29 is 14.3 Å². The van der Waals surface area contributed by atoms with Crippen molar-refractivity contribution in [1.29, 1.82) is 0 Å². The predicted molar refractivity (Wildman–Crippen MR) is 66.5 cm³/mol. The number of esters is 1. The Morgan fingerprint density at radius 2 is 2.39 bits per heavy atom. The molecule has 0 fully saturated rings. The van der Waals surface area contributed by atoms with Crippen LogP contribution in [0.3, 0.4) is 0 Å². The standard InChI is InChI=1S/C12H17N3O3/c1-3-4-10(12(17)18-2)15-11(16)6-5-9-7-13-8-14-9/h5-8,10H,3-4H2,1-2H3,(H,13,14)(H,15,16)/b6-5+. The Balaban J connectivity index is 2.53. The molecule has 0 aliphatic rings. The first kappa shape index (κ1) is 14.0. The summed E-state index contributed by atoms with van der Waals surface area (Å²) < 4.78 is 4.62. The topological polar surface area (TPSA) is 84.1 Å². The molecule has 1 unspecified atom stereocenters. The van der Waals surface area contributed by atoms with Crippen LogP contribution in [0.1, 0.15) is 25.5 Å². The fraction of sp³-hybridized carbons (Fsp3) is 0.417.